The van der Waals surface area contributed by atoms with E-state index in [0.29, 0.717) is 13.0 Å². The van der Waals surface area contributed by atoms with Crippen LogP contribution in [-0.4, -0.2) is 53.3 Å². The fourth-order valence-electron chi connectivity index (χ4n) is 3.28. The third-order valence-corrected chi connectivity index (χ3v) is 4.66. The minimum atomic E-state index is -1.09. The van der Waals surface area contributed by atoms with Gasteiger partial charge >= 0.3 is 12.0 Å². The Morgan fingerprint density at radius 3 is 2.70 bits per heavy atom. The monoisotopic (exact) mass is 284 g/mol. The van der Waals surface area contributed by atoms with Crippen LogP contribution in [0.1, 0.15) is 45.4 Å². The summed E-state index contributed by atoms with van der Waals surface area (Å²) in [5.41, 5.74) is -1.09. The van der Waals surface area contributed by atoms with Crippen LogP contribution in [0.25, 0.3) is 0 Å². The molecule has 0 aromatic carbocycles. The number of rotatable bonds is 3. The molecule has 114 valence electrons. The standard InChI is InChI=1S/C14H24N2O4/c1-14(12(17)18)8-3-4-9-16(14)13(19)15-10-6-5-7-11(10)20-2/h10-11H,3-9H2,1-2H3,(H,15,19)(H,17,18). The summed E-state index contributed by atoms with van der Waals surface area (Å²) in [5, 5.41) is 12.4. The average Bonchev–Trinajstić information content (AvgIpc) is 2.86. The molecular formula is C14H24N2O4. The summed E-state index contributed by atoms with van der Waals surface area (Å²) in [4.78, 5) is 25.4. The molecule has 2 fully saturated rings. The number of hydrogen-bond donors (Lipinski definition) is 2. The van der Waals surface area contributed by atoms with E-state index >= 15 is 0 Å². The van der Waals surface area contributed by atoms with Gasteiger partial charge in [0.15, 0.2) is 0 Å². The molecule has 0 radical (unpaired) electrons. The number of carboxylic acids is 1. The van der Waals surface area contributed by atoms with Crippen LogP contribution in [0.15, 0.2) is 0 Å². The van der Waals surface area contributed by atoms with Crippen molar-refractivity contribution in [2.45, 2.75) is 63.1 Å². The number of urea groups is 1. The number of hydrogen-bond acceptors (Lipinski definition) is 3. The molecule has 1 aliphatic heterocycles. The summed E-state index contributed by atoms with van der Waals surface area (Å²) in [6.45, 7) is 2.13. The van der Waals surface area contributed by atoms with Gasteiger partial charge < -0.3 is 20.1 Å². The predicted octanol–water partition coefficient (Wildman–Crippen LogP) is 1.59. The number of carboxylic acid groups (broad SMARTS) is 1. The second kappa shape index (κ2) is 5.99. The fraction of sp³-hybridized carbons (Fsp3) is 0.857. The Labute approximate surface area is 119 Å². The molecule has 0 spiro atoms. The van der Waals surface area contributed by atoms with Gasteiger partial charge in [0, 0.05) is 13.7 Å². The van der Waals surface area contributed by atoms with E-state index in [-0.39, 0.29) is 18.2 Å². The van der Waals surface area contributed by atoms with Crippen molar-refractivity contribution in [3.05, 3.63) is 0 Å². The summed E-state index contributed by atoms with van der Waals surface area (Å²) in [6.07, 6.45) is 5.11. The van der Waals surface area contributed by atoms with E-state index in [4.69, 9.17) is 4.74 Å². The maximum Gasteiger partial charge on any atom is 0.329 e. The van der Waals surface area contributed by atoms with Gasteiger partial charge in [0.25, 0.3) is 0 Å². The van der Waals surface area contributed by atoms with Crippen LogP contribution in [0.4, 0.5) is 4.79 Å². The molecule has 2 amide bonds. The Hall–Kier alpha value is -1.30. The van der Waals surface area contributed by atoms with E-state index < -0.39 is 11.5 Å². The third kappa shape index (κ3) is 2.75. The zero-order chi connectivity index (χ0) is 14.8. The summed E-state index contributed by atoms with van der Waals surface area (Å²) >= 11 is 0. The zero-order valence-electron chi connectivity index (χ0n) is 12.2. The topological polar surface area (TPSA) is 78.9 Å². The SMILES string of the molecule is COC1CCCC1NC(=O)N1CCCCC1(C)C(=O)O. The number of nitrogens with one attached hydrogen (secondary N) is 1. The number of methoxy groups -OCH3 is 1. The van der Waals surface area contributed by atoms with Crippen molar-refractivity contribution in [1.82, 2.24) is 10.2 Å². The van der Waals surface area contributed by atoms with E-state index in [1.54, 1.807) is 14.0 Å². The highest BCUT2D eigenvalue weighted by molar-refractivity contribution is 5.86. The van der Waals surface area contributed by atoms with Crippen LogP contribution < -0.4 is 5.32 Å². The van der Waals surface area contributed by atoms with Crippen LogP contribution in [-0.2, 0) is 9.53 Å². The number of nitrogens with zero attached hydrogens (tertiary/aromatic N) is 1. The molecule has 20 heavy (non-hydrogen) atoms. The largest absolute Gasteiger partial charge is 0.480 e. The van der Waals surface area contributed by atoms with Crippen molar-refractivity contribution < 1.29 is 19.4 Å². The molecule has 0 aromatic heterocycles. The lowest BCUT2D eigenvalue weighted by atomic mass is 9.89. The number of likely N-dealkylation sites (tertiary alicyclic amines) is 1. The van der Waals surface area contributed by atoms with Gasteiger partial charge in [-0.05, 0) is 45.4 Å². The van der Waals surface area contributed by atoms with Crippen LogP contribution in [0.5, 0.6) is 0 Å². The van der Waals surface area contributed by atoms with Gasteiger partial charge in [-0.25, -0.2) is 9.59 Å². The van der Waals surface area contributed by atoms with Crippen LogP contribution in [0.3, 0.4) is 0 Å². The second-order valence-electron chi connectivity index (χ2n) is 5.95. The van der Waals surface area contributed by atoms with Gasteiger partial charge in [0.05, 0.1) is 12.1 Å². The highest BCUT2D eigenvalue weighted by Gasteiger charge is 2.44. The molecule has 3 unspecified atom stereocenters. The predicted molar refractivity (Wildman–Crippen MR) is 73.6 cm³/mol. The molecule has 2 N–H and O–H groups in total. The summed E-state index contributed by atoms with van der Waals surface area (Å²) in [7, 11) is 1.65. The zero-order valence-corrected chi connectivity index (χ0v) is 12.2. The Morgan fingerprint density at radius 1 is 1.30 bits per heavy atom. The van der Waals surface area contributed by atoms with Gasteiger partial charge in [0.2, 0.25) is 0 Å². The smallest absolute Gasteiger partial charge is 0.329 e. The normalized spacial score (nSPS) is 34.0. The molecule has 6 heteroatoms. The first kappa shape index (κ1) is 15.1. The first-order valence-electron chi connectivity index (χ1n) is 7.33. The first-order valence-corrected chi connectivity index (χ1v) is 7.33. The molecule has 1 saturated heterocycles. The van der Waals surface area contributed by atoms with Gasteiger partial charge in [-0.15, -0.1) is 0 Å². The van der Waals surface area contributed by atoms with E-state index in [1.807, 2.05) is 0 Å². The first-order chi connectivity index (χ1) is 9.49. The molecule has 0 bridgehead atoms. The molecular weight excluding hydrogens is 260 g/mol. The lowest BCUT2D eigenvalue weighted by Gasteiger charge is -2.42. The number of carbonyl (C=O) groups is 2. The average molecular weight is 284 g/mol. The molecule has 1 heterocycles. The van der Waals surface area contributed by atoms with E-state index in [9.17, 15) is 14.7 Å². The van der Waals surface area contributed by atoms with Crippen molar-refractivity contribution in [2.24, 2.45) is 0 Å². The second-order valence-corrected chi connectivity index (χ2v) is 5.95. The minimum Gasteiger partial charge on any atom is -0.480 e. The fourth-order valence-corrected chi connectivity index (χ4v) is 3.28. The van der Waals surface area contributed by atoms with Crippen molar-refractivity contribution in [3.8, 4) is 0 Å². The molecule has 0 aromatic rings. The Morgan fingerprint density at radius 2 is 2.05 bits per heavy atom. The molecule has 1 saturated carbocycles. The van der Waals surface area contributed by atoms with Gasteiger partial charge in [0.1, 0.15) is 5.54 Å². The number of piperidine rings is 1. The maximum atomic E-state index is 12.4. The molecule has 3 atom stereocenters. The van der Waals surface area contributed by atoms with Crippen molar-refractivity contribution >= 4 is 12.0 Å². The van der Waals surface area contributed by atoms with Gasteiger partial charge in [-0.1, -0.05) is 0 Å². The van der Waals surface area contributed by atoms with Crippen molar-refractivity contribution in [3.63, 3.8) is 0 Å². The molecule has 2 rings (SSSR count). The Balaban J connectivity index is 2.05. The van der Waals surface area contributed by atoms with Gasteiger partial charge in [-0.3, -0.25) is 0 Å². The van der Waals surface area contributed by atoms with Crippen molar-refractivity contribution in [2.75, 3.05) is 13.7 Å². The lowest BCUT2D eigenvalue weighted by molar-refractivity contribution is -0.150. The van der Waals surface area contributed by atoms with Crippen LogP contribution in [0, 0.1) is 0 Å². The maximum absolute atomic E-state index is 12.4. The number of ether oxygens (including phenoxy) is 1. The molecule has 6 nitrogen and oxygen atoms in total. The van der Waals surface area contributed by atoms with Crippen LogP contribution >= 0.6 is 0 Å². The van der Waals surface area contributed by atoms with Crippen molar-refractivity contribution in [1.29, 1.82) is 0 Å². The minimum absolute atomic E-state index is 0.00697. The highest BCUT2D eigenvalue weighted by Crippen LogP contribution is 2.29. The number of amides is 2. The van der Waals surface area contributed by atoms with Gasteiger partial charge in [-0.2, -0.15) is 0 Å². The van der Waals surface area contributed by atoms with Crippen LogP contribution in [0.2, 0.25) is 0 Å². The quantitative estimate of drug-likeness (QED) is 0.825. The Kier molecular flexibility index (Phi) is 4.52. The Bertz CT molecular complexity index is 387. The summed E-state index contributed by atoms with van der Waals surface area (Å²) in [5.74, 6) is -0.929. The summed E-state index contributed by atoms with van der Waals surface area (Å²) in [6, 6.07) is -0.281. The third-order valence-electron chi connectivity index (χ3n) is 4.66. The summed E-state index contributed by atoms with van der Waals surface area (Å²) < 4.78 is 5.36. The molecule has 2 aliphatic rings. The van der Waals surface area contributed by atoms with E-state index in [0.717, 1.165) is 32.1 Å². The lowest BCUT2D eigenvalue weighted by Crippen LogP contribution is -2.61. The molecule has 1 aliphatic carbocycles. The number of aliphatic carboxylic acids is 1. The number of carbonyl (C=O) groups excluding carboxylic acids is 1. The van der Waals surface area contributed by atoms with E-state index in [1.165, 1.54) is 4.90 Å². The highest BCUT2D eigenvalue weighted by atomic mass is 16.5. The van der Waals surface area contributed by atoms with E-state index in [2.05, 4.69) is 5.32 Å².